The third-order valence-electron chi connectivity index (χ3n) is 1.75. The molecule has 0 fully saturated rings. The van der Waals surface area contributed by atoms with Crippen LogP contribution in [0.5, 0.6) is 0 Å². The lowest BCUT2D eigenvalue weighted by Crippen LogP contribution is -1.94. The monoisotopic (exact) mass is 254 g/mol. The Labute approximate surface area is 93.9 Å². The fourth-order valence-corrected chi connectivity index (χ4v) is 1.29. The fourth-order valence-electron chi connectivity index (χ4n) is 1.06. The highest BCUT2D eigenvalue weighted by atomic mass is 79.9. The third-order valence-corrected chi connectivity index (χ3v) is 2.31. The number of halogens is 1. The molecule has 0 bridgehead atoms. The molecule has 0 unspecified atom stereocenters. The first-order valence-corrected chi connectivity index (χ1v) is 5.91. The van der Waals surface area contributed by atoms with Crippen molar-refractivity contribution in [3.8, 4) is 0 Å². The lowest BCUT2D eigenvalue weighted by molar-refractivity contribution is 0.164. The summed E-state index contributed by atoms with van der Waals surface area (Å²) in [7, 11) is 0. The molecule has 0 aliphatic rings. The van der Waals surface area contributed by atoms with Crippen LogP contribution in [0.25, 0.3) is 6.08 Å². The van der Waals surface area contributed by atoms with E-state index in [1.807, 2.05) is 24.3 Å². The van der Waals surface area contributed by atoms with Crippen molar-refractivity contribution in [2.75, 3.05) is 18.5 Å². The molecule has 76 valence electrons. The van der Waals surface area contributed by atoms with E-state index >= 15 is 0 Å². The maximum atomic E-state index is 5.38. The van der Waals surface area contributed by atoms with Crippen LogP contribution < -0.4 is 0 Å². The minimum atomic E-state index is 0.696. The van der Waals surface area contributed by atoms with E-state index in [1.165, 1.54) is 5.56 Å². The van der Waals surface area contributed by atoms with Gasteiger partial charge in [0.1, 0.15) is 0 Å². The summed E-state index contributed by atoms with van der Waals surface area (Å²) in [6, 6.07) is 10.2. The molecule has 0 atom stereocenters. The average Bonchev–Trinajstić information content (AvgIpc) is 2.25. The first kappa shape index (κ1) is 11.5. The number of benzene rings is 1. The van der Waals surface area contributed by atoms with Crippen molar-refractivity contribution in [3.05, 3.63) is 42.0 Å². The summed E-state index contributed by atoms with van der Waals surface area (Å²) in [6.45, 7) is 1.52. The normalized spacial score (nSPS) is 10.9. The average molecular weight is 255 g/mol. The molecule has 1 rings (SSSR count). The third kappa shape index (κ3) is 5.20. The van der Waals surface area contributed by atoms with Crippen LogP contribution in [0.3, 0.4) is 0 Å². The summed E-state index contributed by atoms with van der Waals surface area (Å²) in [4.78, 5) is 0. The van der Waals surface area contributed by atoms with Crippen molar-refractivity contribution in [1.82, 2.24) is 0 Å². The molecule has 0 aromatic heterocycles. The van der Waals surface area contributed by atoms with Gasteiger partial charge in [-0.2, -0.15) is 0 Å². The van der Waals surface area contributed by atoms with Gasteiger partial charge in [0.05, 0.1) is 6.61 Å². The van der Waals surface area contributed by atoms with Gasteiger partial charge in [-0.25, -0.2) is 0 Å². The van der Waals surface area contributed by atoms with Gasteiger partial charge in [-0.15, -0.1) is 0 Å². The Morgan fingerprint density at radius 3 is 2.71 bits per heavy atom. The molecule has 0 heterocycles. The van der Waals surface area contributed by atoms with Crippen molar-refractivity contribution in [3.63, 3.8) is 0 Å². The highest BCUT2D eigenvalue weighted by Gasteiger charge is 1.84. The minimum Gasteiger partial charge on any atom is -0.377 e. The molecule has 0 radical (unpaired) electrons. The highest BCUT2D eigenvalue weighted by Crippen LogP contribution is 2.00. The first-order valence-electron chi connectivity index (χ1n) is 4.79. The molecule has 14 heavy (non-hydrogen) atoms. The van der Waals surface area contributed by atoms with E-state index < -0.39 is 0 Å². The standard InChI is InChI=1S/C12H15BrO/c13-9-5-11-14-10-4-8-12-6-2-1-3-7-12/h1-4,6-8H,5,9-11H2. The van der Waals surface area contributed by atoms with E-state index in [4.69, 9.17) is 4.74 Å². The van der Waals surface area contributed by atoms with Crippen LogP contribution in [0.2, 0.25) is 0 Å². The second kappa shape index (κ2) is 7.77. The lowest BCUT2D eigenvalue weighted by atomic mass is 10.2. The number of ether oxygens (including phenoxy) is 1. The van der Waals surface area contributed by atoms with Gasteiger partial charge in [-0.05, 0) is 12.0 Å². The molecule has 0 saturated carbocycles. The topological polar surface area (TPSA) is 9.23 Å². The van der Waals surface area contributed by atoms with Crippen LogP contribution in [0.15, 0.2) is 36.4 Å². The van der Waals surface area contributed by atoms with Crippen LogP contribution in [0, 0.1) is 0 Å². The van der Waals surface area contributed by atoms with Gasteiger partial charge < -0.3 is 4.74 Å². The predicted octanol–water partition coefficient (Wildman–Crippen LogP) is 3.50. The van der Waals surface area contributed by atoms with Crippen molar-refractivity contribution in [1.29, 1.82) is 0 Å². The molecule has 0 spiro atoms. The van der Waals surface area contributed by atoms with Crippen molar-refractivity contribution >= 4 is 22.0 Å². The molecular formula is C12H15BrO. The molecule has 1 aromatic carbocycles. The van der Waals surface area contributed by atoms with Crippen LogP contribution in [0.1, 0.15) is 12.0 Å². The summed E-state index contributed by atoms with van der Waals surface area (Å²) in [5, 5.41) is 1.01. The summed E-state index contributed by atoms with van der Waals surface area (Å²) in [5.41, 5.74) is 1.22. The number of hydrogen-bond acceptors (Lipinski definition) is 1. The molecule has 2 heteroatoms. The van der Waals surface area contributed by atoms with Crippen LogP contribution in [-0.2, 0) is 4.74 Å². The van der Waals surface area contributed by atoms with Gasteiger partial charge in [0, 0.05) is 11.9 Å². The molecule has 0 amide bonds. The molecule has 0 aliphatic carbocycles. The molecular weight excluding hydrogens is 240 g/mol. The molecule has 0 N–H and O–H groups in total. The van der Waals surface area contributed by atoms with E-state index in [2.05, 4.69) is 34.1 Å². The largest absolute Gasteiger partial charge is 0.377 e. The Kier molecular flexibility index (Phi) is 6.37. The van der Waals surface area contributed by atoms with E-state index in [9.17, 15) is 0 Å². The maximum Gasteiger partial charge on any atom is 0.0650 e. The maximum absolute atomic E-state index is 5.38. The SMILES string of the molecule is BrCCCOCC=Cc1ccccc1. The van der Waals surface area contributed by atoms with Crippen molar-refractivity contribution in [2.45, 2.75) is 6.42 Å². The summed E-state index contributed by atoms with van der Waals surface area (Å²) in [5.74, 6) is 0. The van der Waals surface area contributed by atoms with Gasteiger partial charge in [-0.1, -0.05) is 58.4 Å². The smallest absolute Gasteiger partial charge is 0.0650 e. The van der Waals surface area contributed by atoms with E-state index in [1.54, 1.807) is 0 Å². The fraction of sp³-hybridized carbons (Fsp3) is 0.333. The second-order valence-corrected chi connectivity index (χ2v) is 3.72. The number of rotatable bonds is 6. The van der Waals surface area contributed by atoms with Crippen LogP contribution in [-0.4, -0.2) is 18.5 Å². The summed E-state index contributed by atoms with van der Waals surface area (Å²) >= 11 is 3.36. The highest BCUT2D eigenvalue weighted by molar-refractivity contribution is 9.09. The van der Waals surface area contributed by atoms with Crippen molar-refractivity contribution in [2.24, 2.45) is 0 Å². The Bertz CT molecular complexity index is 256. The Morgan fingerprint density at radius 2 is 2.00 bits per heavy atom. The molecule has 1 aromatic rings. The van der Waals surface area contributed by atoms with Crippen LogP contribution in [0.4, 0.5) is 0 Å². The van der Waals surface area contributed by atoms with Gasteiger partial charge in [0.2, 0.25) is 0 Å². The Morgan fingerprint density at radius 1 is 1.21 bits per heavy atom. The molecule has 0 aliphatic heterocycles. The molecule has 1 nitrogen and oxygen atoms in total. The van der Waals surface area contributed by atoms with Gasteiger partial charge >= 0.3 is 0 Å². The zero-order chi connectivity index (χ0) is 10.1. The first-order chi connectivity index (χ1) is 6.93. The van der Waals surface area contributed by atoms with Gasteiger partial charge in [0.25, 0.3) is 0 Å². The second-order valence-electron chi connectivity index (χ2n) is 2.93. The van der Waals surface area contributed by atoms with E-state index in [0.717, 1.165) is 18.4 Å². The summed E-state index contributed by atoms with van der Waals surface area (Å²) in [6.07, 6.45) is 5.19. The van der Waals surface area contributed by atoms with Gasteiger partial charge in [-0.3, -0.25) is 0 Å². The summed E-state index contributed by atoms with van der Waals surface area (Å²) < 4.78 is 5.38. The lowest BCUT2D eigenvalue weighted by Gasteiger charge is -1.97. The number of hydrogen-bond donors (Lipinski definition) is 0. The molecule has 0 saturated heterocycles. The van der Waals surface area contributed by atoms with Gasteiger partial charge in [0.15, 0.2) is 0 Å². The quantitative estimate of drug-likeness (QED) is 0.558. The van der Waals surface area contributed by atoms with E-state index in [0.29, 0.717) is 6.61 Å². The Balaban J connectivity index is 2.15. The predicted molar refractivity (Wildman–Crippen MR) is 64.7 cm³/mol. The van der Waals surface area contributed by atoms with Crippen LogP contribution >= 0.6 is 15.9 Å². The minimum absolute atomic E-state index is 0.696. The number of alkyl halides is 1. The zero-order valence-corrected chi connectivity index (χ0v) is 9.74. The van der Waals surface area contributed by atoms with E-state index in [-0.39, 0.29) is 0 Å². The zero-order valence-electron chi connectivity index (χ0n) is 8.16. The van der Waals surface area contributed by atoms with Crippen molar-refractivity contribution < 1.29 is 4.74 Å². The Hall–Kier alpha value is -0.600.